The lowest BCUT2D eigenvalue weighted by molar-refractivity contribution is 0.0611. The summed E-state index contributed by atoms with van der Waals surface area (Å²) in [5.74, 6) is 0.980. The number of hydrogen-bond acceptors (Lipinski definition) is 6. The van der Waals surface area contributed by atoms with Crippen LogP contribution in [0.1, 0.15) is 34.2 Å². The Balaban J connectivity index is 1.73. The van der Waals surface area contributed by atoms with Gasteiger partial charge >= 0.3 is 6.55 Å². The number of thioether (sulfide) groups is 1. The molecule has 0 spiro atoms. The van der Waals surface area contributed by atoms with Crippen molar-refractivity contribution < 1.29 is 18.1 Å². The van der Waals surface area contributed by atoms with E-state index in [1.54, 1.807) is 25.3 Å². The van der Waals surface area contributed by atoms with Crippen LogP contribution in [0.15, 0.2) is 46.3 Å². The molecule has 0 bridgehead atoms. The van der Waals surface area contributed by atoms with Crippen LogP contribution in [0.4, 0.5) is 8.78 Å². The molecule has 0 fully saturated rings. The van der Waals surface area contributed by atoms with Crippen LogP contribution >= 0.6 is 11.8 Å². The second-order valence-electron chi connectivity index (χ2n) is 5.76. The van der Waals surface area contributed by atoms with Crippen molar-refractivity contribution in [3.05, 3.63) is 59.6 Å². The lowest BCUT2D eigenvalue weighted by atomic mass is 10.2. The molecule has 0 atom stereocenters. The zero-order valence-electron chi connectivity index (χ0n) is 14.7. The standard InChI is InChI=1S/C17H17F2N5O2S/c1-11-8-12(22-26-11)10-27-15-13(4-3-5-21-15)16(25)23(2)9-14-20-6-7-24(14)17(18)19/h3-8,17H,9-10H2,1-2H3. The normalized spacial score (nSPS) is 11.1. The second kappa shape index (κ2) is 8.30. The topological polar surface area (TPSA) is 77.1 Å². The molecule has 3 aromatic heterocycles. The zero-order chi connectivity index (χ0) is 19.4. The van der Waals surface area contributed by atoms with Gasteiger partial charge in [-0.15, -0.1) is 0 Å². The predicted molar refractivity (Wildman–Crippen MR) is 94.3 cm³/mol. The monoisotopic (exact) mass is 393 g/mol. The Kier molecular flexibility index (Phi) is 5.84. The van der Waals surface area contributed by atoms with Crippen LogP contribution in [-0.4, -0.2) is 37.5 Å². The van der Waals surface area contributed by atoms with Crippen LogP contribution in [0, 0.1) is 6.92 Å². The van der Waals surface area contributed by atoms with Crippen molar-refractivity contribution in [2.45, 2.75) is 30.8 Å². The minimum Gasteiger partial charge on any atom is -0.361 e. The number of aryl methyl sites for hydroxylation is 1. The van der Waals surface area contributed by atoms with Crippen molar-refractivity contribution in [1.82, 2.24) is 24.6 Å². The molecule has 27 heavy (non-hydrogen) atoms. The summed E-state index contributed by atoms with van der Waals surface area (Å²) in [6, 6.07) is 5.13. The molecule has 3 aromatic rings. The molecule has 0 aliphatic carbocycles. The SMILES string of the molecule is Cc1cc(CSc2ncccc2C(=O)N(C)Cc2nccn2C(F)F)no1. The summed E-state index contributed by atoms with van der Waals surface area (Å²) in [5, 5.41) is 4.45. The minimum atomic E-state index is -2.71. The number of rotatable bonds is 7. The van der Waals surface area contributed by atoms with Crippen molar-refractivity contribution in [3.8, 4) is 0 Å². The molecule has 0 aromatic carbocycles. The lowest BCUT2D eigenvalue weighted by Gasteiger charge is -2.18. The Labute approximate surface area is 158 Å². The molecule has 3 rings (SSSR count). The van der Waals surface area contributed by atoms with Crippen LogP contribution in [0.5, 0.6) is 0 Å². The fourth-order valence-corrected chi connectivity index (χ4v) is 3.30. The Morgan fingerprint density at radius 2 is 2.19 bits per heavy atom. The van der Waals surface area contributed by atoms with Crippen molar-refractivity contribution in [2.75, 3.05) is 7.05 Å². The molecule has 1 amide bonds. The zero-order valence-corrected chi connectivity index (χ0v) is 15.5. The van der Waals surface area contributed by atoms with Gasteiger partial charge in [0.2, 0.25) is 0 Å². The first-order chi connectivity index (χ1) is 13.0. The molecule has 0 unspecified atom stereocenters. The van der Waals surface area contributed by atoms with Crippen LogP contribution < -0.4 is 0 Å². The number of pyridine rings is 1. The van der Waals surface area contributed by atoms with E-state index in [2.05, 4.69) is 15.1 Å². The molecule has 142 valence electrons. The largest absolute Gasteiger partial charge is 0.361 e. The highest BCUT2D eigenvalue weighted by Crippen LogP contribution is 2.25. The number of hydrogen-bond donors (Lipinski definition) is 0. The van der Waals surface area contributed by atoms with Gasteiger partial charge in [-0.2, -0.15) is 8.78 Å². The lowest BCUT2D eigenvalue weighted by Crippen LogP contribution is -2.28. The number of halogens is 2. The number of nitrogens with zero attached hydrogens (tertiary/aromatic N) is 5. The molecule has 0 aliphatic heterocycles. The van der Waals surface area contributed by atoms with Gasteiger partial charge in [-0.05, 0) is 19.1 Å². The van der Waals surface area contributed by atoms with Crippen molar-refractivity contribution in [3.63, 3.8) is 0 Å². The molecule has 3 heterocycles. The average molecular weight is 393 g/mol. The van der Waals surface area contributed by atoms with Crippen molar-refractivity contribution in [2.24, 2.45) is 0 Å². The third kappa shape index (κ3) is 4.51. The number of alkyl halides is 2. The van der Waals surface area contributed by atoms with Gasteiger partial charge in [0.15, 0.2) is 0 Å². The van der Waals surface area contributed by atoms with Gasteiger partial charge in [0.25, 0.3) is 5.91 Å². The van der Waals surface area contributed by atoms with Gasteiger partial charge in [-0.3, -0.25) is 9.36 Å². The predicted octanol–water partition coefficient (Wildman–Crippen LogP) is 3.53. The molecule has 0 radical (unpaired) electrons. The van der Waals surface area contributed by atoms with Gasteiger partial charge < -0.3 is 9.42 Å². The van der Waals surface area contributed by atoms with E-state index in [0.29, 0.717) is 22.1 Å². The van der Waals surface area contributed by atoms with Gasteiger partial charge in [0.05, 0.1) is 17.8 Å². The Morgan fingerprint density at radius 3 is 2.89 bits per heavy atom. The van der Waals surface area contributed by atoms with Crippen LogP contribution in [0.3, 0.4) is 0 Å². The maximum absolute atomic E-state index is 13.0. The molecule has 0 aliphatic rings. The summed E-state index contributed by atoms with van der Waals surface area (Å²) >= 11 is 1.35. The smallest absolute Gasteiger partial charge is 0.319 e. The molecule has 7 nitrogen and oxygen atoms in total. The first-order valence-corrected chi connectivity index (χ1v) is 8.99. The van der Waals surface area contributed by atoms with E-state index in [4.69, 9.17) is 4.52 Å². The highest BCUT2D eigenvalue weighted by Gasteiger charge is 2.20. The summed E-state index contributed by atoms with van der Waals surface area (Å²) in [7, 11) is 1.54. The quantitative estimate of drug-likeness (QED) is 0.572. The van der Waals surface area contributed by atoms with Crippen LogP contribution in [0.25, 0.3) is 0 Å². The van der Waals surface area contributed by atoms with Gasteiger partial charge in [0, 0.05) is 37.5 Å². The first kappa shape index (κ1) is 19.0. The fraction of sp³-hybridized carbons (Fsp3) is 0.294. The van der Waals surface area contributed by atoms with E-state index < -0.39 is 6.55 Å². The van der Waals surface area contributed by atoms with E-state index in [1.165, 1.54) is 36.1 Å². The van der Waals surface area contributed by atoms with Gasteiger partial charge in [0.1, 0.15) is 16.6 Å². The second-order valence-corrected chi connectivity index (χ2v) is 6.73. The molecular weight excluding hydrogens is 376 g/mol. The molecule has 10 heteroatoms. The molecule has 0 saturated heterocycles. The first-order valence-electron chi connectivity index (χ1n) is 8.01. The fourth-order valence-electron chi connectivity index (χ4n) is 2.43. The van der Waals surface area contributed by atoms with E-state index >= 15 is 0 Å². The minimum absolute atomic E-state index is 0.0440. The van der Waals surface area contributed by atoms with Crippen LogP contribution in [-0.2, 0) is 12.3 Å². The Bertz CT molecular complexity index is 927. The highest BCUT2D eigenvalue weighted by molar-refractivity contribution is 7.98. The van der Waals surface area contributed by atoms with Crippen LogP contribution in [0.2, 0.25) is 0 Å². The third-order valence-corrected chi connectivity index (χ3v) is 4.76. The third-order valence-electron chi connectivity index (χ3n) is 3.72. The summed E-state index contributed by atoms with van der Waals surface area (Å²) < 4.78 is 31.7. The summed E-state index contributed by atoms with van der Waals surface area (Å²) in [6.45, 7) is -0.950. The average Bonchev–Trinajstić information content (AvgIpc) is 3.28. The number of imidazole rings is 1. The van der Waals surface area contributed by atoms with Gasteiger partial charge in [-0.1, -0.05) is 16.9 Å². The van der Waals surface area contributed by atoms with Crippen molar-refractivity contribution in [1.29, 1.82) is 0 Å². The summed E-state index contributed by atoms with van der Waals surface area (Å²) in [5.41, 5.74) is 1.13. The highest BCUT2D eigenvalue weighted by atomic mass is 32.2. The Hall–Kier alpha value is -2.75. The summed E-state index contributed by atoms with van der Waals surface area (Å²) in [4.78, 5) is 22.3. The molecular formula is C17H17F2N5O2S. The van der Waals surface area contributed by atoms with Crippen molar-refractivity contribution >= 4 is 17.7 Å². The maximum Gasteiger partial charge on any atom is 0.319 e. The molecule has 0 saturated carbocycles. The number of carbonyl (C=O) groups excluding carboxylic acids is 1. The maximum atomic E-state index is 13.0. The summed E-state index contributed by atoms with van der Waals surface area (Å²) in [6.07, 6.45) is 4.06. The van der Waals surface area contributed by atoms with Gasteiger partial charge in [-0.25, -0.2) is 9.97 Å². The van der Waals surface area contributed by atoms with E-state index in [9.17, 15) is 13.6 Å². The number of carbonyl (C=O) groups is 1. The van der Waals surface area contributed by atoms with E-state index in [0.717, 1.165) is 10.3 Å². The van der Waals surface area contributed by atoms with E-state index in [1.807, 2.05) is 6.07 Å². The number of amides is 1. The number of aromatic nitrogens is 4. The van der Waals surface area contributed by atoms with E-state index in [-0.39, 0.29) is 18.3 Å². The Morgan fingerprint density at radius 1 is 1.37 bits per heavy atom. The molecule has 0 N–H and O–H groups in total.